The molecule has 0 aliphatic heterocycles. The summed E-state index contributed by atoms with van der Waals surface area (Å²) < 4.78 is 9.84. The summed E-state index contributed by atoms with van der Waals surface area (Å²) >= 11 is 0. The maximum atomic E-state index is 13.0. The van der Waals surface area contributed by atoms with Crippen LogP contribution >= 0.6 is 0 Å². The Labute approximate surface area is 161 Å². The van der Waals surface area contributed by atoms with Gasteiger partial charge in [0.2, 0.25) is 6.54 Å². The predicted molar refractivity (Wildman–Crippen MR) is 97.0 cm³/mol. The number of carbonyl (C=O) groups is 3. The van der Waals surface area contributed by atoms with Crippen LogP contribution in [-0.2, 0) is 30.3 Å². The first kappa shape index (κ1) is 19.7. The number of nitrogens with zero attached hydrogens (tertiary/aromatic N) is 1. The van der Waals surface area contributed by atoms with Crippen LogP contribution in [0.5, 0.6) is 0 Å². The summed E-state index contributed by atoms with van der Waals surface area (Å²) in [5.74, 6) is -3.26. The van der Waals surface area contributed by atoms with Crippen LogP contribution < -0.4 is 0 Å². The largest absolute Gasteiger partial charge is 0.468 e. The molecule has 0 saturated heterocycles. The van der Waals surface area contributed by atoms with E-state index in [9.17, 15) is 24.5 Å². The quantitative estimate of drug-likeness (QED) is 0.335. The molecule has 0 unspecified atom stereocenters. The molecule has 2 atom stereocenters. The van der Waals surface area contributed by atoms with Crippen molar-refractivity contribution in [2.24, 2.45) is 11.3 Å². The molecule has 0 saturated carbocycles. The number of methoxy groups -OCH3 is 2. The fraction of sp³-hybridized carbons (Fsp3) is 0.450. The van der Waals surface area contributed by atoms with E-state index in [2.05, 4.69) is 0 Å². The molecular weight excluding hydrogens is 366 g/mol. The zero-order valence-electron chi connectivity index (χ0n) is 15.7. The molecule has 2 aliphatic carbocycles. The van der Waals surface area contributed by atoms with Gasteiger partial charge in [-0.2, -0.15) is 0 Å². The third-order valence-electron chi connectivity index (χ3n) is 5.65. The molecule has 0 N–H and O–H groups in total. The molecule has 0 heterocycles. The van der Waals surface area contributed by atoms with Crippen LogP contribution in [0.3, 0.4) is 0 Å². The lowest BCUT2D eigenvalue weighted by Gasteiger charge is -2.35. The Hall–Kier alpha value is -3.03. The van der Waals surface area contributed by atoms with E-state index in [0.29, 0.717) is 17.6 Å². The predicted octanol–water partition coefficient (Wildman–Crippen LogP) is 1.84. The van der Waals surface area contributed by atoms with Crippen molar-refractivity contribution < 1.29 is 28.8 Å². The Balaban J connectivity index is 2.33. The number of carbonyl (C=O) groups excluding carboxylic acids is 3. The molecule has 0 fully saturated rings. The highest BCUT2D eigenvalue weighted by atomic mass is 16.6. The normalized spacial score (nSPS) is 22.8. The number of hydrogen-bond acceptors (Lipinski definition) is 7. The topological polar surface area (TPSA) is 113 Å². The summed E-state index contributed by atoms with van der Waals surface area (Å²) in [7, 11) is 2.23. The molecule has 0 aromatic heterocycles. The summed E-state index contributed by atoms with van der Waals surface area (Å²) in [6.45, 7) is -0.673. The fourth-order valence-electron chi connectivity index (χ4n) is 4.41. The van der Waals surface area contributed by atoms with Crippen molar-refractivity contribution in [2.45, 2.75) is 25.2 Å². The molecule has 28 heavy (non-hydrogen) atoms. The van der Waals surface area contributed by atoms with Gasteiger partial charge in [-0.05, 0) is 29.0 Å². The third-order valence-corrected chi connectivity index (χ3v) is 5.65. The molecule has 0 radical (unpaired) electrons. The van der Waals surface area contributed by atoms with Crippen molar-refractivity contribution in [3.63, 3.8) is 0 Å². The number of fused-ring (bicyclic) bond motifs is 2. The average molecular weight is 387 g/mol. The maximum Gasteiger partial charge on any atom is 0.324 e. The van der Waals surface area contributed by atoms with Gasteiger partial charge in [-0.25, -0.2) is 0 Å². The lowest BCUT2D eigenvalue weighted by Crippen LogP contribution is -2.49. The lowest BCUT2D eigenvalue weighted by atomic mass is 9.66. The first-order chi connectivity index (χ1) is 13.3. The van der Waals surface area contributed by atoms with Gasteiger partial charge in [0, 0.05) is 17.8 Å². The molecule has 0 spiro atoms. The zero-order valence-corrected chi connectivity index (χ0v) is 15.7. The van der Waals surface area contributed by atoms with Crippen molar-refractivity contribution in [3.8, 4) is 0 Å². The molecule has 3 rings (SSSR count). The summed E-state index contributed by atoms with van der Waals surface area (Å²) in [5, 5.41) is 11.5. The van der Waals surface area contributed by atoms with E-state index in [0.717, 1.165) is 19.8 Å². The highest BCUT2D eigenvalue weighted by molar-refractivity contribution is 6.05. The maximum absolute atomic E-state index is 13.0. The van der Waals surface area contributed by atoms with Gasteiger partial charge in [0.05, 0.1) is 20.1 Å². The van der Waals surface area contributed by atoms with E-state index in [1.807, 2.05) is 6.07 Å². The summed E-state index contributed by atoms with van der Waals surface area (Å²) in [4.78, 5) is 49.4. The van der Waals surface area contributed by atoms with Gasteiger partial charge >= 0.3 is 11.9 Å². The van der Waals surface area contributed by atoms with Crippen LogP contribution in [0.15, 0.2) is 35.9 Å². The number of hydrogen-bond donors (Lipinski definition) is 0. The summed E-state index contributed by atoms with van der Waals surface area (Å²) in [6.07, 6.45) is 2.27. The summed E-state index contributed by atoms with van der Waals surface area (Å²) in [6, 6.07) is 7.00. The van der Waals surface area contributed by atoms with Crippen LogP contribution in [0, 0.1) is 21.4 Å². The molecule has 0 amide bonds. The second kappa shape index (κ2) is 7.53. The Bertz CT molecular complexity index is 857. The van der Waals surface area contributed by atoms with Crippen molar-refractivity contribution in [1.82, 2.24) is 0 Å². The first-order valence-electron chi connectivity index (χ1n) is 8.93. The number of ketones is 1. The minimum Gasteiger partial charge on any atom is -0.468 e. The second-order valence-corrected chi connectivity index (χ2v) is 7.18. The van der Waals surface area contributed by atoms with Crippen LogP contribution in [0.25, 0.3) is 0 Å². The SMILES string of the molecule is COC(=O)C1(C(=O)OC)CC2=C[C@H](CC2=O)Cc2ccccc2[C@@H]1C[N+](=O)[O-]. The number of esters is 2. The molecule has 148 valence electrons. The molecular formula is C20H21NO7. The van der Waals surface area contributed by atoms with Gasteiger partial charge < -0.3 is 9.47 Å². The van der Waals surface area contributed by atoms with Crippen molar-refractivity contribution >= 4 is 17.7 Å². The van der Waals surface area contributed by atoms with Gasteiger partial charge in [0.15, 0.2) is 11.2 Å². The monoisotopic (exact) mass is 387 g/mol. The summed E-state index contributed by atoms with van der Waals surface area (Å²) in [5.41, 5.74) is -0.400. The number of ether oxygens (including phenoxy) is 2. The molecule has 2 bridgehead atoms. The van der Waals surface area contributed by atoms with E-state index >= 15 is 0 Å². The molecule has 2 aliphatic rings. The van der Waals surface area contributed by atoms with Gasteiger partial charge in [-0.1, -0.05) is 30.3 Å². The van der Waals surface area contributed by atoms with E-state index in [1.54, 1.807) is 24.3 Å². The number of benzene rings is 1. The van der Waals surface area contributed by atoms with Crippen molar-refractivity contribution in [1.29, 1.82) is 0 Å². The first-order valence-corrected chi connectivity index (χ1v) is 8.93. The van der Waals surface area contributed by atoms with Crippen molar-refractivity contribution in [2.75, 3.05) is 20.8 Å². The van der Waals surface area contributed by atoms with E-state index in [4.69, 9.17) is 9.47 Å². The smallest absolute Gasteiger partial charge is 0.324 e. The molecule has 1 aromatic carbocycles. The van der Waals surface area contributed by atoms with Gasteiger partial charge in [-0.15, -0.1) is 0 Å². The highest BCUT2D eigenvalue weighted by Gasteiger charge is 2.59. The second-order valence-electron chi connectivity index (χ2n) is 7.18. The number of rotatable bonds is 4. The lowest BCUT2D eigenvalue weighted by molar-refractivity contribution is -0.485. The number of Topliss-reactive ketones (excluding diaryl/α,β-unsaturated/α-hetero) is 1. The minimum absolute atomic E-state index is 0.0778. The van der Waals surface area contributed by atoms with Crippen LogP contribution in [0.2, 0.25) is 0 Å². The number of allylic oxidation sites excluding steroid dienone is 2. The average Bonchev–Trinajstić information content (AvgIpc) is 3.03. The van der Waals surface area contributed by atoms with Crippen LogP contribution in [-0.4, -0.2) is 43.4 Å². The van der Waals surface area contributed by atoms with Crippen molar-refractivity contribution in [3.05, 3.63) is 57.2 Å². The Morgan fingerprint density at radius 1 is 1.18 bits per heavy atom. The highest BCUT2D eigenvalue weighted by Crippen LogP contribution is 2.48. The zero-order chi connectivity index (χ0) is 20.5. The molecule has 8 nitrogen and oxygen atoms in total. The van der Waals surface area contributed by atoms with Crippen LogP contribution in [0.4, 0.5) is 0 Å². The standard InChI is InChI=1S/C20H21NO7/c1-27-18(23)20(19(24)28-2)10-14-8-12(9-17(14)22)7-13-5-3-4-6-15(13)16(20)11-21(25)26/h3-6,8,12,16H,7,9-11H2,1-2H3/t12-,16+/m1/s1. The molecule has 1 aromatic rings. The Morgan fingerprint density at radius 2 is 1.82 bits per heavy atom. The molecule has 8 heteroatoms. The van der Waals surface area contributed by atoms with Gasteiger partial charge in [0.1, 0.15) is 0 Å². The van der Waals surface area contributed by atoms with E-state index < -0.39 is 34.7 Å². The minimum atomic E-state index is -2.02. The van der Waals surface area contributed by atoms with E-state index in [-0.39, 0.29) is 24.5 Å². The van der Waals surface area contributed by atoms with Crippen LogP contribution in [0.1, 0.15) is 29.9 Å². The van der Waals surface area contributed by atoms with Gasteiger partial charge in [0.25, 0.3) is 0 Å². The number of nitro groups is 1. The van der Waals surface area contributed by atoms with E-state index in [1.165, 1.54) is 0 Å². The Kier molecular flexibility index (Phi) is 5.31. The third kappa shape index (κ3) is 3.19. The fourth-order valence-corrected chi connectivity index (χ4v) is 4.41. The Morgan fingerprint density at radius 3 is 2.43 bits per heavy atom. The van der Waals surface area contributed by atoms with Gasteiger partial charge in [-0.3, -0.25) is 24.5 Å².